The summed E-state index contributed by atoms with van der Waals surface area (Å²) in [6.07, 6.45) is 1.82. The summed E-state index contributed by atoms with van der Waals surface area (Å²) < 4.78 is 12.8. The second-order valence-corrected chi connectivity index (χ2v) is 8.25. The Kier molecular flexibility index (Phi) is 3.83. The molecule has 1 unspecified atom stereocenters. The molecule has 1 N–H and O–H groups in total. The fourth-order valence-corrected chi connectivity index (χ4v) is 3.78. The minimum atomic E-state index is -1.01. The molecule has 3 rings (SSSR count). The van der Waals surface area contributed by atoms with Crippen LogP contribution in [0.25, 0.3) is 0 Å². The fraction of sp³-hybridized carbons (Fsp3) is 0.421. The molecule has 0 bridgehead atoms. The summed E-state index contributed by atoms with van der Waals surface area (Å²) in [5.41, 5.74) is 1.53. The Morgan fingerprint density at radius 1 is 1.25 bits per heavy atom. The lowest BCUT2D eigenvalue weighted by Crippen LogP contribution is -2.45. The number of benzene rings is 1. The van der Waals surface area contributed by atoms with Gasteiger partial charge in [-0.2, -0.15) is 0 Å². The quantitative estimate of drug-likeness (QED) is 0.727. The number of anilines is 1. The first kappa shape index (κ1) is 17.1. The zero-order chi connectivity index (χ0) is 17.9. The summed E-state index contributed by atoms with van der Waals surface area (Å²) in [7, 11) is 0. The van der Waals surface area contributed by atoms with Crippen LogP contribution in [0.2, 0.25) is 0 Å². The Labute approximate surface area is 151 Å². The van der Waals surface area contributed by atoms with Crippen LogP contribution in [0, 0.1) is 0 Å². The van der Waals surface area contributed by atoms with Gasteiger partial charge in [-0.15, -0.1) is 0 Å². The average Bonchev–Trinajstić information content (AvgIpc) is 2.74. The molecule has 0 saturated carbocycles. The standard InChI is InChI=1S/C19H22BrNO3/c1-10-9-19(16(11(2)22)12(3)23-10)21-15-8-13(18(4,5)6)7-14(20)17(15)24-19/h7-9,21H,1-6H3. The van der Waals surface area contributed by atoms with E-state index in [1.165, 1.54) is 12.5 Å². The molecule has 1 aromatic rings. The van der Waals surface area contributed by atoms with Gasteiger partial charge in [-0.25, -0.2) is 0 Å². The molecule has 1 aromatic carbocycles. The van der Waals surface area contributed by atoms with Crippen LogP contribution in [0.15, 0.2) is 39.8 Å². The van der Waals surface area contributed by atoms with Crippen LogP contribution in [-0.2, 0) is 14.9 Å². The van der Waals surface area contributed by atoms with Gasteiger partial charge in [0.1, 0.15) is 17.1 Å². The van der Waals surface area contributed by atoms with E-state index in [1.807, 2.05) is 13.0 Å². The summed E-state index contributed by atoms with van der Waals surface area (Å²) >= 11 is 3.61. The van der Waals surface area contributed by atoms with Gasteiger partial charge in [-0.1, -0.05) is 20.8 Å². The highest BCUT2D eigenvalue weighted by Crippen LogP contribution is 2.49. The highest BCUT2D eigenvalue weighted by molar-refractivity contribution is 9.10. The predicted octanol–water partition coefficient (Wildman–Crippen LogP) is 5.04. The second kappa shape index (κ2) is 5.38. The van der Waals surface area contributed by atoms with E-state index in [1.54, 1.807) is 6.92 Å². The van der Waals surface area contributed by atoms with Crippen molar-refractivity contribution in [1.82, 2.24) is 0 Å². The number of hydrogen-bond donors (Lipinski definition) is 1. The van der Waals surface area contributed by atoms with E-state index in [0.29, 0.717) is 22.8 Å². The Hall–Kier alpha value is -1.75. The first-order valence-electron chi connectivity index (χ1n) is 7.94. The van der Waals surface area contributed by atoms with Gasteiger partial charge in [0, 0.05) is 6.08 Å². The minimum Gasteiger partial charge on any atom is -0.466 e. The first-order chi connectivity index (χ1) is 11.0. The van der Waals surface area contributed by atoms with Crippen LogP contribution in [0.5, 0.6) is 5.75 Å². The van der Waals surface area contributed by atoms with Gasteiger partial charge in [0.05, 0.1) is 10.2 Å². The van der Waals surface area contributed by atoms with Gasteiger partial charge in [-0.3, -0.25) is 4.79 Å². The van der Waals surface area contributed by atoms with E-state index in [2.05, 4.69) is 54.2 Å². The average molecular weight is 392 g/mol. The van der Waals surface area contributed by atoms with Crippen LogP contribution >= 0.6 is 15.9 Å². The fourth-order valence-electron chi connectivity index (χ4n) is 3.24. The number of rotatable bonds is 1. The molecule has 0 radical (unpaired) electrons. The van der Waals surface area contributed by atoms with Crippen molar-refractivity contribution in [1.29, 1.82) is 0 Å². The molecule has 5 heteroatoms. The van der Waals surface area contributed by atoms with Gasteiger partial charge < -0.3 is 14.8 Å². The highest BCUT2D eigenvalue weighted by atomic mass is 79.9. The number of fused-ring (bicyclic) bond motifs is 1. The molecule has 1 atom stereocenters. The third-order valence-corrected chi connectivity index (χ3v) is 4.88. The van der Waals surface area contributed by atoms with E-state index in [-0.39, 0.29) is 11.2 Å². The lowest BCUT2D eigenvalue weighted by Gasteiger charge is -2.32. The van der Waals surface area contributed by atoms with E-state index < -0.39 is 5.72 Å². The van der Waals surface area contributed by atoms with E-state index in [9.17, 15) is 4.79 Å². The Bertz CT molecular complexity index is 802. The third-order valence-electron chi connectivity index (χ3n) is 4.29. The van der Waals surface area contributed by atoms with Gasteiger partial charge in [-0.05, 0) is 59.8 Å². The largest absolute Gasteiger partial charge is 0.466 e. The summed E-state index contributed by atoms with van der Waals surface area (Å²) in [6.45, 7) is 11.7. The van der Waals surface area contributed by atoms with E-state index >= 15 is 0 Å². The van der Waals surface area contributed by atoms with Gasteiger partial charge in [0.2, 0.25) is 5.72 Å². The van der Waals surface area contributed by atoms with Crippen molar-refractivity contribution < 1.29 is 14.3 Å². The Balaban J connectivity index is 2.14. The molecule has 1 spiro atoms. The minimum absolute atomic E-state index is 0.00553. The molecule has 128 valence electrons. The maximum absolute atomic E-state index is 12.2. The van der Waals surface area contributed by atoms with Crippen LogP contribution in [0.1, 0.15) is 47.1 Å². The second-order valence-electron chi connectivity index (χ2n) is 7.39. The molecule has 24 heavy (non-hydrogen) atoms. The van der Waals surface area contributed by atoms with Gasteiger partial charge in [0.15, 0.2) is 11.5 Å². The zero-order valence-electron chi connectivity index (χ0n) is 14.8. The normalized spacial score (nSPS) is 22.5. The molecule has 2 aliphatic rings. The van der Waals surface area contributed by atoms with Crippen LogP contribution in [0.3, 0.4) is 0 Å². The summed E-state index contributed by atoms with van der Waals surface area (Å²) in [6, 6.07) is 4.15. The monoisotopic (exact) mass is 391 g/mol. The SMILES string of the molecule is CC(=O)C1=C(C)OC(C)=CC12Nc1cc(C(C)(C)C)cc(Br)c1O2. The Morgan fingerprint density at radius 3 is 2.50 bits per heavy atom. The van der Waals surface area contributed by atoms with Crippen molar-refractivity contribution >= 4 is 27.4 Å². The summed E-state index contributed by atoms with van der Waals surface area (Å²) in [5, 5.41) is 3.41. The maximum atomic E-state index is 12.2. The smallest absolute Gasteiger partial charge is 0.237 e. The highest BCUT2D eigenvalue weighted by Gasteiger charge is 2.47. The van der Waals surface area contributed by atoms with Gasteiger partial charge >= 0.3 is 0 Å². The van der Waals surface area contributed by atoms with Crippen molar-refractivity contribution in [3.63, 3.8) is 0 Å². The van der Waals surface area contributed by atoms with Crippen LogP contribution < -0.4 is 10.1 Å². The molecule has 0 fully saturated rings. The topological polar surface area (TPSA) is 47.6 Å². The lowest BCUT2D eigenvalue weighted by molar-refractivity contribution is -0.115. The summed E-state index contributed by atoms with van der Waals surface area (Å²) in [5.74, 6) is 1.89. The lowest BCUT2D eigenvalue weighted by atomic mass is 9.87. The van der Waals surface area contributed by atoms with E-state index in [4.69, 9.17) is 9.47 Å². The van der Waals surface area contributed by atoms with E-state index in [0.717, 1.165) is 10.2 Å². The van der Waals surface area contributed by atoms with Crippen molar-refractivity contribution in [2.45, 2.75) is 52.7 Å². The number of allylic oxidation sites excluding steroid dienone is 2. The molecule has 2 heterocycles. The third kappa shape index (κ3) is 2.65. The maximum Gasteiger partial charge on any atom is 0.237 e. The number of carbonyl (C=O) groups excluding carboxylic acids is 1. The van der Waals surface area contributed by atoms with Crippen LogP contribution in [-0.4, -0.2) is 11.5 Å². The molecule has 2 aliphatic heterocycles. The molecular weight excluding hydrogens is 370 g/mol. The number of halogens is 1. The molecule has 0 aliphatic carbocycles. The predicted molar refractivity (Wildman–Crippen MR) is 98.0 cm³/mol. The molecule has 0 saturated heterocycles. The molecule has 0 aromatic heterocycles. The summed E-state index contributed by atoms with van der Waals surface area (Å²) in [4.78, 5) is 12.2. The molecule has 0 amide bonds. The van der Waals surface area contributed by atoms with Crippen molar-refractivity contribution in [2.75, 3.05) is 5.32 Å². The number of hydrogen-bond acceptors (Lipinski definition) is 4. The zero-order valence-corrected chi connectivity index (χ0v) is 16.4. The van der Waals surface area contributed by atoms with Crippen molar-refractivity contribution in [2.24, 2.45) is 0 Å². The van der Waals surface area contributed by atoms with Crippen LogP contribution in [0.4, 0.5) is 5.69 Å². The number of ether oxygens (including phenoxy) is 2. The molecule has 4 nitrogen and oxygen atoms in total. The number of carbonyl (C=O) groups is 1. The van der Waals surface area contributed by atoms with Crippen molar-refractivity contribution in [3.05, 3.63) is 45.3 Å². The number of ketones is 1. The Morgan fingerprint density at radius 2 is 1.92 bits per heavy atom. The number of nitrogens with one attached hydrogen (secondary N) is 1. The van der Waals surface area contributed by atoms with Gasteiger partial charge in [0.25, 0.3) is 0 Å². The number of Topliss-reactive ketones (excluding diaryl/α,β-unsaturated/α-hetero) is 1. The van der Waals surface area contributed by atoms with Crippen molar-refractivity contribution in [3.8, 4) is 5.75 Å². The molecular formula is C19H22BrNO3. The first-order valence-corrected chi connectivity index (χ1v) is 8.73.